The van der Waals surface area contributed by atoms with Gasteiger partial charge in [0, 0.05) is 16.6 Å². The van der Waals surface area contributed by atoms with E-state index in [1.807, 2.05) is 13.8 Å². The minimum absolute atomic E-state index is 0. The molecule has 0 saturated carbocycles. The van der Waals surface area contributed by atoms with Gasteiger partial charge in [0.2, 0.25) is 0 Å². The maximum atomic E-state index is 13.4. The first kappa shape index (κ1) is 14.7. The van der Waals surface area contributed by atoms with Crippen LogP contribution in [0.3, 0.4) is 0 Å². The molecule has 0 radical (unpaired) electrons. The lowest BCUT2D eigenvalue weighted by Gasteiger charge is -2.19. The highest BCUT2D eigenvalue weighted by Gasteiger charge is 2.17. The highest BCUT2D eigenvalue weighted by atomic mass is 35.5. The normalized spacial score (nSPS) is 14.2. The van der Waals surface area contributed by atoms with Crippen molar-refractivity contribution >= 4 is 24.0 Å². The molecule has 0 bridgehead atoms. The molecule has 1 rings (SSSR count). The zero-order valence-corrected chi connectivity index (χ0v) is 10.4. The molecule has 2 N–H and O–H groups in total. The van der Waals surface area contributed by atoms with Crippen LogP contribution in [0.4, 0.5) is 4.39 Å². The smallest absolute Gasteiger partial charge is 0.128 e. The van der Waals surface area contributed by atoms with E-state index in [0.717, 1.165) is 6.42 Å². The minimum Gasteiger partial charge on any atom is -0.324 e. The fourth-order valence-corrected chi connectivity index (χ4v) is 1.51. The number of hydrogen-bond acceptors (Lipinski definition) is 1. The Labute approximate surface area is 101 Å². The van der Waals surface area contributed by atoms with Crippen molar-refractivity contribution in [2.75, 3.05) is 0 Å². The fraction of sp³-hybridized carbons (Fsp3) is 0.455. The van der Waals surface area contributed by atoms with E-state index in [1.165, 1.54) is 12.1 Å². The third-order valence-electron chi connectivity index (χ3n) is 2.57. The molecule has 15 heavy (non-hydrogen) atoms. The standard InChI is InChI=1S/C11H15ClFN.ClH/c1-3-7(2)11(14)9-6-8(12)4-5-10(9)13;/h4-7,11H,3,14H2,1-2H3;1H/t7?,11-;/m0./s1. The fourth-order valence-electron chi connectivity index (χ4n) is 1.33. The summed E-state index contributed by atoms with van der Waals surface area (Å²) in [7, 11) is 0. The van der Waals surface area contributed by atoms with Crippen molar-refractivity contribution in [1.29, 1.82) is 0 Å². The average molecular weight is 252 g/mol. The van der Waals surface area contributed by atoms with Gasteiger partial charge in [-0.15, -0.1) is 12.4 Å². The van der Waals surface area contributed by atoms with Gasteiger partial charge in [-0.2, -0.15) is 0 Å². The van der Waals surface area contributed by atoms with Gasteiger partial charge in [0.15, 0.2) is 0 Å². The molecule has 1 aromatic rings. The third-order valence-corrected chi connectivity index (χ3v) is 2.81. The van der Waals surface area contributed by atoms with Gasteiger partial charge >= 0.3 is 0 Å². The van der Waals surface area contributed by atoms with Gasteiger partial charge in [-0.1, -0.05) is 31.9 Å². The summed E-state index contributed by atoms with van der Waals surface area (Å²) in [6.45, 7) is 4.04. The highest BCUT2D eigenvalue weighted by Crippen LogP contribution is 2.26. The molecule has 0 aromatic heterocycles. The number of rotatable bonds is 3. The van der Waals surface area contributed by atoms with E-state index >= 15 is 0 Å². The number of hydrogen-bond donors (Lipinski definition) is 1. The summed E-state index contributed by atoms with van der Waals surface area (Å²) in [4.78, 5) is 0. The van der Waals surface area contributed by atoms with Gasteiger partial charge in [0.05, 0.1) is 0 Å². The van der Waals surface area contributed by atoms with Crippen LogP contribution in [0.5, 0.6) is 0 Å². The maximum absolute atomic E-state index is 13.4. The Morgan fingerprint density at radius 3 is 2.60 bits per heavy atom. The Morgan fingerprint density at radius 1 is 1.47 bits per heavy atom. The summed E-state index contributed by atoms with van der Waals surface area (Å²) in [5.74, 6) is -0.0230. The summed E-state index contributed by atoms with van der Waals surface area (Å²) in [6, 6.07) is 4.22. The van der Waals surface area contributed by atoms with Gasteiger partial charge in [0.25, 0.3) is 0 Å². The van der Waals surface area contributed by atoms with Gasteiger partial charge in [-0.3, -0.25) is 0 Å². The van der Waals surface area contributed by atoms with Crippen LogP contribution in [0.2, 0.25) is 5.02 Å². The summed E-state index contributed by atoms with van der Waals surface area (Å²) in [5, 5.41) is 0.528. The molecule has 0 aliphatic rings. The molecule has 0 saturated heterocycles. The van der Waals surface area contributed by atoms with Crippen molar-refractivity contribution in [1.82, 2.24) is 0 Å². The number of halogens is 3. The first-order valence-corrected chi connectivity index (χ1v) is 5.14. The molecular formula is C11H16Cl2FN. The second-order valence-electron chi connectivity index (χ2n) is 3.58. The zero-order chi connectivity index (χ0) is 10.7. The van der Waals surface area contributed by atoms with Crippen LogP contribution in [0.15, 0.2) is 18.2 Å². The van der Waals surface area contributed by atoms with Gasteiger partial charge < -0.3 is 5.73 Å². The van der Waals surface area contributed by atoms with Crippen LogP contribution in [-0.2, 0) is 0 Å². The summed E-state index contributed by atoms with van der Waals surface area (Å²) in [5.41, 5.74) is 6.43. The Bertz CT molecular complexity index is 317. The minimum atomic E-state index is -0.279. The van der Waals surface area contributed by atoms with Crippen molar-refractivity contribution in [2.24, 2.45) is 11.7 Å². The molecule has 1 unspecified atom stereocenters. The first-order chi connectivity index (χ1) is 6.56. The van der Waals surface area contributed by atoms with Crippen LogP contribution in [-0.4, -0.2) is 0 Å². The van der Waals surface area contributed by atoms with Crippen molar-refractivity contribution in [3.63, 3.8) is 0 Å². The van der Waals surface area contributed by atoms with Crippen LogP contribution in [0.25, 0.3) is 0 Å². The molecule has 4 heteroatoms. The van der Waals surface area contributed by atoms with E-state index in [2.05, 4.69) is 0 Å². The molecule has 2 atom stereocenters. The lowest BCUT2D eigenvalue weighted by Crippen LogP contribution is -2.19. The first-order valence-electron chi connectivity index (χ1n) is 4.76. The molecule has 0 amide bonds. The van der Waals surface area contributed by atoms with E-state index in [9.17, 15) is 4.39 Å². The molecule has 1 aromatic carbocycles. The predicted octanol–water partition coefficient (Wildman–Crippen LogP) is 3.95. The van der Waals surface area contributed by atoms with Crippen LogP contribution in [0, 0.1) is 11.7 Å². The average Bonchev–Trinajstić information content (AvgIpc) is 2.19. The molecule has 0 heterocycles. The second kappa shape index (κ2) is 6.31. The van der Waals surface area contributed by atoms with Gasteiger partial charge in [0.1, 0.15) is 5.82 Å². The van der Waals surface area contributed by atoms with Crippen molar-refractivity contribution < 1.29 is 4.39 Å². The van der Waals surface area contributed by atoms with Crippen molar-refractivity contribution in [3.05, 3.63) is 34.6 Å². The summed E-state index contributed by atoms with van der Waals surface area (Å²) >= 11 is 5.79. The lowest BCUT2D eigenvalue weighted by molar-refractivity contribution is 0.439. The molecule has 0 aliphatic carbocycles. The molecule has 0 spiro atoms. The molecule has 0 fully saturated rings. The van der Waals surface area contributed by atoms with E-state index in [4.69, 9.17) is 17.3 Å². The predicted molar refractivity (Wildman–Crippen MR) is 65.0 cm³/mol. The van der Waals surface area contributed by atoms with Crippen LogP contribution >= 0.6 is 24.0 Å². The molecule has 0 aliphatic heterocycles. The summed E-state index contributed by atoms with van der Waals surface area (Å²) in [6.07, 6.45) is 0.924. The molecule has 86 valence electrons. The Balaban J connectivity index is 0.00000196. The Morgan fingerprint density at radius 2 is 2.07 bits per heavy atom. The van der Waals surface area contributed by atoms with Crippen LogP contribution in [0.1, 0.15) is 31.9 Å². The summed E-state index contributed by atoms with van der Waals surface area (Å²) < 4.78 is 13.4. The topological polar surface area (TPSA) is 26.0 Å². The van der Waals surface area contributed by atoms with E-state index < -0.39 is 0 Å². The monoisotopic (exact) mass is 251 g/mol. The quantitative estimate of drug-likeness (QED) is 0.866. The maximum Gasteiger partial charge on any atom is 0.128 e. The number of benzene rings is 1. The van der Waals surface area contributed by atoms with E-state index in [-0.39, 0.29) is 30.2 Å². The third kappa shape index (κ3) is 3.63. The van der Waals surface area contributed by atoms with Crippen molar-refractivity contribution in [2.45, 2.75) is 26.3 Å². The Kier molecular flexibility index (Phi) is 6.18. The number of nitrogens with two attached hydrogens (primary N) is 1. The van der Waals surface area contributed by atoms with Crippen LogP contribution < -0.4 is 5.73 Å². The zero-order valence-electron chi connectivity index (χ0n) is 8.84. The molecule has 1 nitrogen and oxygen atoms in total. The SMILES string of the molecule is CCC(C)[C@H](N)c1cc(Cl)ccc1F.Cl. The Hall–Kier alpha value is -0.310. The van der Waals surface area contributed by atoms with E-state index in [1.54, 1.807) is 6.07 Å². The van der Waals surface area contributed by atoms with Gasteiger partial charge in [-0.05, 0) is 24.1 Å². The lowest BCUT2D eigenvalue weighted by atomic mass is 9.93. The van der Waals surface area contributed by atoms with Crippen molar-refractivity contribution in [3.8, 4) is 0 Å². The molecular weight excluding hydrogens is 236 g/mol. The second-order valence-corrected chi connectivity index (χ2v) is 4.01. The largest absolute Gasteiger partial charge is 0.324 e. The van der Waals surface area contributed by atoms with E-state index in [0.29, 0.717) is 10.6 Å². The van der Waals surface area contributed by atoms with Gasteiger partial charge in [-0.25, -0.2) is 4.39 Å². The highest BCUT2D eigenvalue weighted by molar-refractivity contribution is 6.30.